The van der Waals surface area contributed by atoms with Crippen LogP contribution >= 0.6 is 0 Å². The summed E-state index contributed by atoms with van der Waals surface area (Å²) in [6, 6.07) is 7.74. The molecule has 0 spiro atoms. The maximum atomic E-state index is 12.2. The Morgan fingerprint density at radius 2 is 2.11 bits per heavy atom. The largest absolute Gasteiger partial charge is 0.361 e. The van der Waals surface area contributed by atoms with E-state index in [-0.39, 0.29) is 11.4 Å². The van der Waals surface area contributed by atoms with Crippen LogP contribution in [-0.2, 0) is 0 Å². The minimum absolute atomic E-state index is 0.0231. The van der Waals surface area contributed by atoms with E-state index in [0.29, 0.717) is 5.92 Å². The number of amides is 1. The van der Waals surface area contributed by atoms with Gasteiger partial charge in [-0.25, -0.2) is 0 Å². The van der Waals surface area contributed by atoms with Crippen molar-refractivity contribution in [3.63, 3.8) is 0 Å². The van der Waals surface area contributed by atoms with Crippen LogP contribution in [0.3, 0.4) is 0 Å². The maximum absolute atomic E-state index is 12.2. The summed E-state index contributed by atoms with van der Waals surface area (Å²) in [6.07, 6.45) is 4.34. The average Bonchev–Trinajstić information content (AvgIpc) is 3.08. The Morgan fingerprint density at radius 3 is 2.83 bits per heavy atom. The molecule has 1 aliphatic carbocycles. The fourth-order valence-electron chi connectivity index (χ4n) is 2.47. The first-order valence-corrected chi connectivity index (χ1v) is 6.46. The SMILES string of the molecule is CC(C)(NC(=O)c1ccc2[nH]ccc2c1)C1CC1. The fourth-order valence-corrected chi connectivity index (χ4v) is 2.47. The highest BCUT2D eigenvalue weighted by Gasteiger charge is 2.38. The van der Waals surface area contributed by atoms with Crippen molar-refractivity contribution in [2.75, 3.05) is 0 Å². The third-order valence-corrected chi connectivity index (χ3v) is 3.85. The van der Waals surface area contributed by atoms with Gasteiger partial charge in [-0.1, -0.05) is 0 Å². The first kappa shape index (κ1) is 11.3. The second kappa shape index (κ2) is 3.87. The summed E-state index contributed by atoms with van der Waals surface area (Å²) < 4.78 is 0. The topological polar surface area (TPSA) is 44.9 Å². The summed E-state index contributed by atoms with van der Waals surface area (Å²) in [5.41, 5.74) is 1.70. The summed E-state index contributed by atoms with van der Waals surface area (Å²) in [4.78, 5) is 15.4. The zero-order valence-electron chi connectivity index (χ0n) is 10.8. The van der Waals surface area contributed by atoms with Crippen LogP contribution in [0.5, 0.6) is 0 Å². The van der Waals surface area contributed by atoms with E-state index in [4.69, 9.17) is 0 Å². The number of carbonyl (C=O) groups excluding carboxylic acids is 1. The molecule has 1 aromatic heterocycles. The van der Waals surface area contributed by atoms with E-state index in [0.717, 1.165) is 16.5 Å². The van der Waals surface area contributed by atoms with Crippen molar-refractivity contribution in [3.8, 4) is 0 Å². The van der Waals surface area contributed by atoms with Crippen molar-refractivity contribution in [2.45, 2.75) is 32.2 Å². The van der Waals surface area contributed by atoms with Gasteiger partial charge in [0, 0.05) is 28.2 Å². The zero-order valence-corrected chi connectivity index (χ0v) is 10.8. The predicted molar refractivity (Wildman–Crippen MR) is 72.6 cm³/mol. The lowest BCUT2D eigenvalue weighted by Gasteiger charge is -2.26. The molecular formula is C15H18N2O. The fraction of sp³-hybridized carbons (Fsp3) is 0.400. The van der Waals surface area contributed by atoms with Crippen molar-refractivity contribution < 1.29 is 4.79 Å². The molecule has 0 bridgehead atoms. The number of hydrogen-bond donors (Lipinski definition) is 2. The Balaban J connectivity index is 1.82. The number of fused-ring (bicyclic) bond motifs is 1. The molecule has 1 saturated carbocycles. The van der Waals surface area contributed by atoms with Gasteiger partial charge in [0.1, 0.15) is 0 Å². The summed E-state index contributed by atoms with van der Waals surface area (Å²) in [5.74, 6) is 0.660. The third-order valence-electron chi connectivity index (χ3n) is 3.85. The Morgan fingerprint density at radius 1 is 1.33 bits per heavy atom. The van der Waals surface area contributed by atoms with Crippen molar-refractivity contribution in [1.29, 1.82) is 0 Å². The van der Waals surface area contributed by atoms with Gasteiger partial charge in [-0.2, -0.15) is 0 Å². The quantitative estimate of drug-likeness (QED) is 0.853. The second-order valence-electron chi connectivity index (χ2n) is 5.73. The van der Waals surface area contributed by atoms with E-state index < -0.39 is 0 Å². The van der Waals surface area contributed by atoms with Crippen LogP contribution in [0.4, 0.5) is 0 Å². The molecule has 3 nitrogen and oxygen atoms in total. The smallest absolute Gasteiger partial charge is 0.251 e. The van der Waals surface area contributed by atoms with Crippen LogP contribution in [0.2, 0.25) is 0 Å². The first-order valence-electron chi connectivity index (χ1n) is 6.46. The van der Waals surface area contributed by atoms with Crippen LogP contribution in [0.1, 0.15) is 37.0 Å². The summed E-state index contributed by atoms with van der Waals surface area (Å²) in [5, 5.41) is 4.22. The number of H-pyrrole nitrogens is 1. The number of hydrogen-bond acceptors (Lipinski definition) is 1. The van der Waals surface area contributed by atoms with Crippen molar-refractivity contribution in [3.05, 3.63) is 36.0 Å². The molecule has 0 radical (unpaired) electrons. The van der Waals surface area contributed by atoms with Crippen molar-refractivity contribution >= 4 is 16.8 Å². The molecule has 0 saturated heterocycles. The van der Waals surface area contributed by atoms with E-state index in [1.807, 2.05) is 30.5 Å². The average molecular weight is 242 g/mol. The normalized spacial score (nSPS) is 15.9. The van der Waals surface area contributed by atoms with Crippen molar-refractivity contribution in [1.82, 2.24) is 10.3 Å². The molecule has 18 heavy (non-hydrogen) atoms. The van der Waals surface area contributed by atoms with E-state index in [1.165, 1.54) is 12.8 Å². The molecule has 2 N–H and O–H groups in total. The maximum Gasteiger partial charge on any atom is 0.251 e. The standard InChI is InChI=1S/C15H18N2O/c1-15(2,12-4-5-12)17-14(18)11-3-6-13-10(9-11)7-8-16-13/h3,6-9,12,16H,4-5H2,1-2H3,(H,17,18). The number of aromatic amines is 1. The molecule has 2 aromatic rings. The predicted octanol–water partition coefficient (Wildman–Crippen LogP) is 3.09. The number of benzene rings is 1. The Bertz CT molecular complexity index is 593. The van der Waals surface area contributed by atoms with Gasteiger partial charge in [-0.05, 0) is 56.9 Å². The molecular weight excluding hydrogens is 224 g/mol. The van der Waals surface area contributed by atoms with Crippen LogP contribution in [0.15, 0.2) is 30.5 Å². The van der Waals surface area contributed by atoms with Crippen LogP contribution in [0.25, 0.3) is 10.9 Å². The van der Waals surface area contributed by atoms with E-state index >= 15 is 0 Å². The first-order chi connectivity index (χ1) is 8.56. The molecule has 1 heterocycles. The molecule has 0 atom stereocenters. The van der Waals surface area contributed by atoms with E-state index in [2.05, 4.69) is 24.1 Å². The highest BCUT2D eigenvalue weighted by atomic mass is 16.1. The highest BCUT2D eigenvalue weighted by molar-refractivity contribution is 5.98. The Hall–Kier alpha value is -1.77. The minimum atomic E-state index is -0.0931. The molecule has 3 rings (SSSR count). The molecule has 0 aliphatic heterocycles. The summed E-state index contributed by atoms with van der Waals surface area (Å²) in [6.45, 7) is 4.22. The lowest BCUT2D eigenvalue weighted by molar-refractivity contribution is 0.0903. The molecule has 1 aliphatic rings. The minimum Gasteiger partial charge on any atom is -0.361 e. The van der Waals surface area contributed by atoms with E-state index in [9.17, 15) is 4.79 Å². The molecule has 0 unspecified atom stereocenters. The number of carbonyl (C=O) groups is 1. The number of nitrogens with one attached hydrogen (secondary N) is 2. The zero-order chi connectivity index (χ0) is 12.8. The van der Waals surface area contributed by atoms with Crippen LogP contribution < -0.4 is 5.32 Å². The molecule has 1 amide bonds. The molecule has 1 fully saturated rings. The molecule has 94 valence electrons. The van der Waals surface area contributed by atoms with Gasteiger partial charge >= 0.3 is 0 Å². The van der Waals surface area contributed by atoms with Gasteiger partial charge in [-0.3, -0.25) is 4.79 Å². The van der Waals surface area contributed by atoms with Crippen molar-refractivity contribution in [2.24, 2.45) is 5.92 Å². The Labute approximate surface area is 107 Å². The highest BCUT2D eigenvalue weighted by Crippen LogP contribution is 2.39. The van der Waals surface area contributed by atoms with E-state index in [1.54, 1.807) is 0 Å². The monoisotopic (exact) mass is 242 g/mol. The van der Waals surface area contributed by atoms with Gasteiger partial charge < -0.3 is 10.3 Å². The van der Waals surface area contributed by atoms with Gasteiger partial charge in [0.2, 0.25) is 0 Å². The number of rotatable bonds is 3. The van der Waals surface area contributed by atoms with Gasteiger partial charge in [-0.15, -0.1) is 0 Å². The second-order valence-corrected chi connectivity index (χ2v) is 5.73. The third kappa shape index (κ3) is 2.01. The lowest BCUT2D eigenvalue weighted by atomic mass is 9.98. The molecule has 3 heteroatoms. The van der Waals surface area contributed by atoms with Crippen LogP contribution in [0, 0.1) is 5.92 Å². The van der Waals surface area contributed by atoms with Gasteiger partial charge in [0.15, 0.2) is 0 Å². The summed E-state index contributed by atoms with van der Waals surface area (Å²) in [7, 11) is 0. The van der Waals surface area contributed by atoms with Crippen LogP contribution in [-0.4, -0.2) is 16.4 Å². The molecule has 1 aromatic carbocycles. The lowest BCUT2D eigenvalue weighted by Crippen LogP contribution is -2.45. The van der Waals surface area contributed by atoms with Gasteiger partial charge in [0.05, 0.1) is 0 Å². The van der Waals surface area contributed by atoms with Gasteiger partial charge in [0.25, 0.3) is 5.91 Å². The number of aromatic nitrogens is 1. The Kier molecular flexibility index (Phi) is 2.44. The summed E-state index contributed by atoms with van der Waals surface area (Å²) >= 11 is 0.